The number of hydrogen-bond donors (Lipinski definition) is 1. The topological polar surface area (TPSA) is 123 Å². The summed E-state index contributed by atoms with van der Waals surface area (Å²) in [4.78, 5) is 18.6. The van der Waals surface area contributed by atoms with Gasteiger partial charge in [0.2, 0.25) is 5.91 Å². The second-order valence-electron chi connectivity index (χ2n) is 7.63. The number of amides is 1. The lowest BCUT2D eigenvalue weighted by atomic mass is 9.85. The molecule has 0 saturated carbocycles. The maximum Gasteiger partial charge on any atom is 0.286 e. The van der Waals surface area contributed by atoms with Crippen molar-refractivity contribution in [1.29, 1.82) is 0 Å². The van der Waals surface area contributed by atoms with Crippen LogP contribution in [0.1, 0.15) is 23.9 Å². The fourth-order valence-corrected chi connectivity index (χ4v) is 4.64. The molecule has 10 nitrogen and oxygen atoms in total. The van der Waals surface area contributed by atoms with E-state index in [0.717, 1.165) is 21.2 Å². The molecule has 32 heavy (non-hydrogen) atoms. The summed E-state index contributed by atoms with van der Waals surface area (Å²) in [5, 5.41) is 17.7. The Kier molecular flexibility index (Phi) is 5.54. The van der Waals surface area contributed by atoms with Gasteiger partial charge in [0.15, 0.2) is 0 Å². The van der Waals surface area contributed by atoms with Crippen molar-refractivity contribution in [3.63, 3.8) is 0 Å². The van der Waals surface area contributed by atoms with Crippen molar-refractivity contribution in [1.82, 2.24) is 28.9 Å². The van der Waals surface area contributed by atoms with Gasteiger partial charge in [-0.25, -0.2) is 8.78 Å². The Labute approximate surface area is 182 Å². The van der Waals surface area contributed by atoms with E-state index in [0.29, 0.717) is 17.0 Å². The molecule has 13 heteroatoms. The summed E-state index contributed by atoms with van der Waals surface area (Å²) in [5.41, 5.74) is 0.0865. The summed E-state index contributed by atoms with van der Waals surface area (Å²) in [6.07, 6.45) is 2.16. The number of aliphatic hydroxyl groups is 1. The van der Waals surface area contributed by atoms with Crippen LogP contribution in [0, 0.1) is 0 Å². The number of halogens is 2. The molecule has 170 valence electrons. The minimum Gasteiger partial charge on any atom is -0.395 e. The van der Waals surface area contributed by atoms with Crippen molar-refractivity contribution in [3.05, 3.63) is 59.9 Å². The first-order valence-corrected chi connectivity index (χ1v) is 11.0. The van der Waals surface area contributed by atoms with E-state index in [1.54, 1.807) is 25.1 Å². The molecule has 0 aromatic carbocycles. The molecule has 3 aromatic heterocycles. The van der Waals surface area contributed by atoms with E-state index in [9.17, 15) is 27.1 Å². The zero-order chi connectivity index (χ0) is 23.1. The lowest BCUT2D eigenvalue weighted by Gasteiger charge is -2.30. The average molecular weight is 466 g/mol. The average Bonchev–Trinajstić information content (AvgIpc) is 3.48. The predicted octanol–water partition coefficient (Wildman–Crippen LogP) is 0.769. The fraction of sp³-hybridized carbons (Fsp3) is 0.368. The lowest BCUT2D eigenvalue weighted by Crippen LogP contribution is -2.46. The molecular weight excluding hydrogens is 446 g/mol. The largest absolute Gasteiger partial charge is 0.395 e. The van der Waals surface area contributed by atoms with Gasteiger partial charge < -0.3 is 10.0 Å². The smallest absolute Gasteiger partial charge is 0.286 e. The molecule has 1 amide bonds. The van der Waals surface area contributed by atoms with Crippen LogP contribution in [0.25, 0.3) is 0 Å². The molecule has 1 N–H and O–H groups in total. The summed E-state index contributed by atoms with van der Waals surface area (Å²) >= 11 is 0. The maximum absolute atomic E-state index is 13.2. The van der Waals surface area contributed by atoms with E-state index in [-0.39, 0.29) is 23.9 Å². The van der Waals surface area contributed by atoms with Gasteiger partial charge in [0.1, 0.15) is 16.9 Å². The fourth-order valence-electron chi connectivity index (χ4n) is 3.52. The number of aliphatic hydroxyl groups excluding tert-OH is 1. The van der Waals surface area contributed by atoms with Gasteiger partial charge in [-0.15, -0.1) is 0 Å². The standard InChI is InChI=1S/C19H20F2N6O4S/c1-19(12-28,16-4-2-3-5-22-16)18(29)25-7-13-8-27(24-15(13)10-25)32(30,31)14-6-23-26(9-14)11-17(20)21/h2-6,8-9,17,28H,7,10-12H2,1H3. The maximum atomic E-state index is 13.2. The minimum atomic E-state index is -4.12. The first-order chi connectivity index (χ1) is 15.1. The van der Waals surface area contributed by atoms with Crippen molar-refractivity contribution in [3.8, 4) is 0 Å². The van der Waals surface area contributed by atoms with E-state index < -0.39 is 35.0 Å². The van der Waals surface area contributed by atoms with Gasteiger partial charge >= 0.3 is 0 Å². The van der Waals surface area contributed by atoms with Crippen molar-refractivity contribution in [2.24, 2.45) is 0 Å². The van der Waals surface area contributed by atoms with Gasteiger partial charge in [0.25, 0.3) is 16.4 Å². The number of rotatable bonds is 7. The van der Waals surface area contributed by atoms with Gasteiger partial charge in [-0.2, -0.15) is 22.7 Å². The SMILES string of the molecule is CC(CO)(C(=O)N1Cc2cn(S(=O)(=O)c3cnn(CC(F)F)c3)nc2C1)c1ccccn1. The number of hydrogen-bond acceptors (Lipinski definition) is 7. The Morgan fingerprint density at radius 2 is 2.06 bits per heavy atom. The molecule has 0 radical (unpaired) electrons. The van der Waals surface area contributed by atoms with Crippen molar-refractivity contribution >= 4 is 15.9 Å². The van der Waals surface area contributed by atoms with Crippen LogP contribution in [0.3, 0.4) is 0 Å². The van der Waals surface area contributed by atoms with Crippen LogP contribution >= 0.6 is 0 Å². The number of alkyl halides is 2. The number of pyridine rings is 1. The third kappa shape index (κ3) is 3.77. The van der Waals surface area contributed by atoms with Crippen LogP contribution in [0.15, 0.2) is 47.9 Å². The second kappa shape index (κ2) is 8.06. The zero-order valence-electron chi connectivity index (χ0n) is 17.0. The number of nitrogens with zero attached hydrogens (tertiary/aromatic N) is 6. The Balaban J connectivity index is 1.54. The molecule has 1 atom stereocenters. The minimum absolute atomic E-state index is 0.0593. The van der Waals surface area contributed by atoms with E-state index in [4.69, 9.17) is 0 Å². The Hall–Kier alpha value is -3.19. The molecule has 1 aliphatic rings. The molecule has 0 spiro atoms. The predicted molar refractivity (Wildman–Crippen MR) is 106 cm³/mol. The lowest BCUT2D eigenvalue weighted by molar-refractivity contribution is -0.139. The van der Waals surface area contributed by atoms with Gasteiger partial charge in [0.05, 0.1) is 30.7 Å². The summed E-state index contributed by atoms with van der Waals surface area (Å²) in [5.74, 6) is -0.362. The van der Waals surface area contributed by atoms with Crippen molar-refractivity contribution < 1.29 is 27.1 Å². The zero-order valence-corrected chi connectivity index (χ0v) is 17.8. The molecule has 4 heterocycles. The molecule has 0 bridgehead atoms. The van der Waals surface area contributed by atoms with Crippen LogP contribution in [-0.4, -0.2) is 61.3 Å². The molecule has 0 fully saturated rings. The monoisotopic (exact) mass is 466 g/mol. The third-order valence-electron chi connectivity index (χ3n) is 5.34. The Morgan fingerprint density at radius 3 is 2.69 bits per heavy atom. The highest BCUT2D eigenvalue weighted by Crippen LogP contribution is 2.30. The normalized spacial score (nSPS) is 15.7. The summed E-state index contributed by atoms with van der Waals surface area (Å²) in [7, 11) is -4.12. The summed E-state index contributed by atoms with van der Waals surface area (Å²) < 4.78 is 52.2. The number of carbonyl (C=O) groups is 1. The van der Waals surface area contributed by atoms with Crippen LogP contribution in [0.2, 0.25) is 0 Å². The van der Waals surface area contributed by atoms with Crippen LogP contribution < -0.4 is 0 Å². The van der Waals surface area contributed by atoms with Crippen molar-refractivity contribution in [2.45, 2.75) is 43.3 Å². The third-order valence-corrected chi connectivity index (χ3v) is 6.83. The highest BCUT2D eigenvalue weighted by Gasteiger charge is 2.42. The van der Waals surface area contributed by atoms with E-state index in [1.165, 1.54) is 17.3 Å². The van der Waals surface area contributed by atoms with Crippen LogP contribution in [0.5, 0.6) is 0 Å². The van der Waals surface area contributed by atoms with Crippen LogP contribution in [-0.2, 0) is 39.9 Å². The van der Waals surface area contributed by atoms with Gasteiger partial charge in [-0.3, -0.25) is 14.5 Å². The molecule has 1 aliphatic heterocycles. The van der Waals surface area contributed by atoms with Gasteiger partial charge in [-0.05, 0) is 19.1 Å². The van der Waals surface area contributed by atoms with Crippen LogP contribution in [0.4, 0.5) is 8.78 Å². The first-order valence-electron chi connectivity index (χ1n) is 9.60. The molecule has 0 aliphatic carbocycles. The van der Waals surface area contributed by atoms with E-state index in [1.807, 2.05) is 0 Å². The molecule has 0 saturated heterocycles. The molecule has 4 rings (SSSR count). The van der Waals surface area contributed by atoms with Crippen molar-refractivity contribution in [2.75, 3.05) is 6.61 Å². The van der Waals surface area contributed by atoms with Gasteiger partial charge in [-0.1, -0.05) is 6.07 Å². The molecule has 3 aromatic rings. The molecule has 1 unspecified atom stereocenters. The second-order valence-corrected chi connectivity index (χ2v) is 9.43. The number of aromatic nitrogens is 5. The van der Waals surface area contributed by atoms with Gasteiger partial charge in [0, 0.05) is 30.7 Å². The summed E-state index contributed by atoms with van der Waals surface area (Å²) in [6, 6.07) is 5.09. The highest BCUT2D eigenvalue weighted by atomic mass is 32.2. The number of fused-ring (bicyclic) bond motifs is 1. The summed E-state index contributed by atoms with van der Waals surface area (Å²) in [6.45, 7) is 0.590. The van der Waals surface area contributed by atoms with E-state index in [2.05, 4.69) is 15.2 Å². The van der Waals surface area contributed by atoms with E-state index >= 15 is 0 Å². The quantitative estimate of drug-likeness (QED) is 0.546. The highest BCUT2D eigenvalue weighted by molar-refractivity contribution is 7.89. The number of carbonyl (C=O) groups excluding carboxylic acids is 1. The molecular formula is C19H20F2N6O4S. The Bertz CT molecular complexity index is 1220. The first kappa shape index (κ1) is 22.0. The Morgan fingerprint density at radius 1 is 1.28 bits per heavy atom.